The van der Waals surface area contributed by atoms with E-state index in [1.54, 1.807) is 0 Å². The molecule has 1 heterocycles. The van der Waals surface area contributed by atoms with Crippen LogP contribution in [-0.4, -0.2) is 12.2 Å². The third kappa shape index (κ3) is 1.41. The van der Waals surface area contributed by atoms with Crippen LogP contribution in [0, 0.1) is 17.8 Å². The van der Waals surface area contributed by atoms with Gasteiger partial charge in [0, 0.05) is 0 Å². The SMILES string of the molecule is CC1CCC2(CCC3CC3CO2)C1. The van der Waals surface area contributed by atoms with Gasteiger partial charge in [-0.05, 0) is 56.3 Å². The molecular weight excluding hydrogens is 160 g/mol. The summed E-state index contributed by atoms with van der Waals surface area (Å²) in [5.41, 5.74) is 0.340. The van der Waals surface area contributed by atoms with Gasteiger partial charge in [0.1, 0.15) is 0 Å². The summed E-state index contributed by atoms with van der Waals surface area (Å²) in [5, 5.41) is 0. The zero-order valence-corrected chi connectivity index (χ0v) is 8.59. The molecule has 2 aliphatic carbocycles. The predicted molar refractivity (Wildman–Crippen MR) is 52.5 cm³/mol. The zero-order chi connectivity index (χ0) is 8.89. The minimum atomic E-state index is 0.340. The third-order valence-corrected chi connectivity index (χ3v) is 4.46. The van der Waals surface area contributed by atoms with Crippen LogP contribution in [0.4, 0.5) is 0 Å². The van der Waals surface area contributed by atoms with E-state index in [9.17, 15) is 0 Å². The molecule has 4 unspecified atom stereocenters. The molecule has 0 bridgehead atoms. The van der Waals surface area contributed by atoms with Crippen LogP contribution < -0.4 is 0 Å². The van der Waals surface area contributed by atoms with Gasteiger partial charge in [0.25, 0.3) is 0 Å². The molecule has 0 N–H and O–H groups in total. The summed E-state index contributed by atoms with van der Waals surface area (Å²) in [4.78, 5) is 0. The molecular formula is C12H20O. The number of hydrogen-bond donors (Lipinski definition) is 0. The Hall–Kier alpha value is -0.0400. The van der Waals surface area contributed by atoms with Crippen molar-refractivity contribution in [1.29, 1.82) is 0 Å². The molecule has 0 radical (unpaired) electrons. The smallest absolute Gasteiger partial charge is 0.0685 e. The van der Waals surface area contributed by atoms with Crippen molar-refractivity contribution < 1.29 is 4.74 Å². The van der Waals surface area contributed by atoms with Crippen LogP contribution in [0.1, 0.15) is 45.4 Å². The first-order valence-electron chi connectivity index (χ1n) is 5.91. The highest BCUT2D eigenvalue weighted by atomic mass is 16.5. The standard InChI is InChI=1S/C12H20O/c1-9-2-4-12(7-9)5-3-10-6-11(10)8-13-12/h9-11H,2-8H2,1H3. The van der Waals surface area contributed by atoms with Gasteiger partial charge < -0.3 is 4.74 Å². The molecule has 0 aromatic rings. The van der Waals surface area contributed by atoms with Crippen LogP contribution in [0.3, 0.4) is 0 Å². The maximum atomic E-state index is 6.18. The molecule has 0 aromatic heterocycles. The lowest BCUT2D eigenvalue weighted by molar-refractivity contribution is -0.0466. The molecule has 1 saturated heterocycles. The lowest BCUT2D eigenvalue weighted by Crippen LogP contribution is -2.29. The topological polar surface area (TPSA) is 9.23 Å². The molecule has 1 heteroatoms. The minimum Gasteiger partial charge on any atom is -0.375 e. The number of fused-ring (bicyclic) bond motifs is 1. The van der Waals surface area contributed by atoms with Gasteiger partial charge >= 0.3 is 0 Å². The Morgan fingerprint density at radius 3 is 2.77 bits per heavy atom. The highest BCUT2D eigenvalue weighted by Gasteiger charge is 2.47. The Kier molecular flexibility index (Phi) is 1.74. The summed E-state index contributed by atoms with van der Waals surface area (Å²) in [6.07, 6.45) is 8.36. The van der Waals surface area contributed by atoms with Crippen molar-refractivity contribution in [2.45, 2.75) is 51.0 Å². The largest absolute Gasteiger partial charge is 0.375 e. The molecule has 1 aliphatic heterocycles. The van der Waals surface area contributed by atoms with Crippen molar-refractivity contribution in [3.05, 3.63) is 0 Å². The fourth-order valence-electron chi connectivity index (χ4n) is 3.38. The van der Waals surface area contributed by atoms with Gasteiger partial charge in [-0.2, -0.15) is 0 Å². The highest BCUT2D eigenvalue weighted by molar-refractivity contribution is 4.97. The van der Waals surface area contributed by atoms with E-state index in [1.165, 1.54) is 38.5 Å². The highest BCUT2D eigenvalue weighted by Crippen LogP contribution is 2.51. The van der Waals surface area contributed by atoms with E-state index in [2.05, 4.69) is 6.92 Å². The second-order valence-electron chi connectivity index (χ2n) is 5.64. The predicted octanol–water partition coefficient (Wildman–Crippen LogP) is 2.99. The summed E-state index contributed by atoms with van der Waals surface area (Å²) in [6.45, 7) is 3.46. The maximum absolute atomic E-state index is 6.18. The van der Waals surface area contributed by atoms with Crippen molar-refractivity contribution in [1.82, 2.24) is 0 Å². The minimum absolute atomic E-state index is 0.340. The Bertz CT molecular complexity index is 199. The Morgan fingerprint density at radius 1 is 1.15 bits per heavy atom. The van der Waals surface area contributed by atoms with Gasteiger partial charge in [-0.25, -0.2) is 0 Å². The van der Waals surface area contributed by atoms with Crippen LogP contribution in [-0.2, 0) is 4.74 Å². The van der Waals surface area contributed by atoms with Gasteiger partial charge in [0.15, 0.2) is 0 Å². The van der Waals surface area contributed by atoms with Crippen molar-refractivity contribution in [2.75, 3.05) is 6.61 Å². The van der Waals surface area contributed by atoms with Gasteiger partial charge in [-0.15, -0.1) is 0 Å². The zero-order valence-electron chi connectivity index (χ0n) is 8.59. The number of ether oxygens (including phenoxy) is 1. The van der Waals surface area contributed by atoms with Crippen molar-refractivity contribution >= 4 is 0 Å². The molecule has 1 spiro atoms. The van der Waals surface area contributed by atoms with Gasteiger partial charge in [-0.1, -0.05) is 6.92 Å². The molecule has 0 aromatic carbocycles. The Balaban J connectivity index is 1.70. The molecule has 74 valence electrons. The fourth-order valence-corrected chi connectivity index (χ4v) is 3.38. The summed E-state index contributed by atoms with van der Waals surface area (Å²) in [5.74, 6) is 2.92. The molecule has 13 heavy (non-hydrogen) atoms. The molecule has 3 fully saturated rings. The average Bonchev–Trinajstić information content (AvgIpc) is 2.78. The molecule has 2 saturated carbocycles. The van der Waals surface area contributed by atoms with Crippen molar-refractivity contribution in [3.8, 4) is 0 Å². The molecule has 3 rings (SSSR count). The lowest BCUT2D eigenvalue weighted by atomic mass is 9.93. The Morgan fingerprint density at radius 2 is 2.00 bits per heavy atom. The van der Waals surface area contributed by atoms with Crippen LogP contribution in [0.2, 0.25) is 0 Å². The first-order chi connectivity index (χ1) is 6.27. The molecule has 4 atom stereocenters. The van der Waals surface area contributed by atoms with Crippen LogP contribution >= 0.6 is 0 Å². The molecule has 1 nitrogen and oxygen atoms in total. The van der Waals surface area contributed by atoms with Gasteiger partial charge in [0.2, 0.25) is 0 Å². The van der Waals surface area contributed by atoms with E-state index in [0.717, 1.165) is 24.4 Å². The van der Waals surface area contributed by atoms with E-state index in [-0.39, 0.29) is 0 Å². The van der Waals surface area contributed by atoms with Crippen molar-refractivity contribution in [2.24, 2.45) is 17.8 Å². The van der Waals surface area contributed by atoms with Gasteiger partial charge in [-0.3, -0.25) is 0 Å². The number of hydrogen-bond acceptors (Lipinski definition) is 1. The quantitative estimate of drug-likeness (QED) is 0.557. The lowest BCUT2D eigenvalue weighted by Gasteiger charge is -2.28. The monoisotopic (exact) mass is 180 g/mol. The molecule has 3 aliphatic rings. The third-order valence-electron chi connectivity index (χ3n) is 4.46. The van der Waals surface area contributed by atoms with E-state index in [4.69, 9.17) is 4.74 Å². The van der Waals surface area contributed by atoms with Crippen LogP contribution in [0.25, 0.3) is 0 Å². The Labute approximate surface area is 80.8 Å². The van der Waals surface area contributed by atoms with Gasteiger partial charge in [0.05, 0.1) is 12.2 Å². The van der Waals surface area contributed by atoms with E-state index >= 15 is 0 Å². The average molecular weight is 180 g/mol. The number of rotatable bonds is 0. The van der Waals surface area contributed by atoms with E-state index in [0.29, 0.717) is 5.60 Å². The van der Waals surface area contributed by atoms with E-state index < -0.39 is 0 Å². The normalized spacial score (nSPS) is 54.7. The first-order valence-corrected chi connectivity index (χ1v) is 5.91. The van der Waals surface area contributed by atoms with Crippen LogP contribution in [0.15, 0.2) is 0 Å². The second kappa shape index (κ2) is 2.73. The maximum Gasteiger partial charge on any atom is 0.0685 e. The fraction of sp³-hybridized carbons (Fsp3) is 1.00. The van der Waals surface area contributed by atoms with Crippen LogP contribution in [0.5, 0.6) is 0 Å². The summed E-state index contributed by atoms with van der Waals surface area (Å²) in [7, 11) is 0. The molecule has 0 amide bonds. The second-order valence-corrected chi connectivity index (χ2v) is 5.64. The van der Waals surface area contributed by atoms with E-state index in [1.807, 2.05) is 0 Å². The first kappa shape index (κ1) is 8.28. The van der Waals surface area contributed by atoms with Crippen molar-refractivity contribution in [3.63, 3.8) is 0 Å². The summed E-state index contributed by atoms with van der Waals surface area (Å²) < 4.78 is 6.18. The summed E-state index contributed by atoms with van der Waals surface area (Å²) in [6, 6.07) is 0. The summed E-state index contributed by atoms with van der Waals surface area (Å²) >= 11 is 0.